The van der Waals surface area contributed by atoms with Gasteiger partial charge in [0.25, 0.3) is 0 Å². The van der Waals surface area contributed by atoms with Crippen LogP contribution in [0.25, 0.3) is 12.2 Å². The van der Waals surface area contributed by atoms with Gasteiger partial charge < -0.3 is 0 Å². The van der Waals surface area contributed by atoms with Crippen LogP contribution in [0.15, 0.2) is 90.3 Å². The number of hydrogen-bond acceptors (Lipinski definition) is 3. The average molecular weight is 352 g/mol. The second kappa shape index (κ2) is 7.92. The SMILES string of the molecule is O=C1/C(=C/c2ccccn2)CC(c2ccccc2)C/C1=C\c1ccccn1. The highest BCUT2D eigenvalue weighted by Crippen LogP contribution is 2.38. The van der Waals surface area contributed by atoms with Crippen LogP contribution < -0.4 is 0 Å². The highest BCUT2D eigenvalue weighted by atomic mass is 16.1. The molecule has 0 spiro atoms. The van der Waals surface area contributed by atoms with Gasteiger partial charge in [-0.1, -0.05) is 42.5 Å². The topological polar surface area (TPSA) is 42.9 Å². The van der Waals surface area contributed by atoms with Gasteiger partial charge in [0.05, 0.1) is 11.4 Å². The molecule has 1 fully saturated rings. The lowest BCUT2D eigenvalue weighted by molar-refractivity contribution is -0.113. The summed E-state index contributed by atoms with van der Waals surface area (Å²) in [6, 6.07) is 21.9. The molecule has 1 aliphatic rings. The Kier molecular flexibility index (Phi) is 5.01. The van der Waals surface area contributed by atoms with Crippen molar-refractivity contribution in [1.29, 1.82) is 0 Å². The standard InChI is InChI=1S/C24H20N2O/c27-24-20(16-22-10-4-6-12-25-22)14-19(18-8-2-1-3-9-18)15-21(24)17-23-11-5-7-13-26-23/h1-13,16-17,19H,14-15H2/b20-16+,21-17+. The van der Waals surface area contributed by atoms with Gasteiger partial charge in [-0.2, -0.15) is 0 Å². The van der Waals surface area contributed by atoms with Crippen molar-refractivity contribution in [3.8, 4) is 0 Å². The van der Waals surface area contributed by atoms with Gasteiger partial charge in [0.15, 0.2) is 5.78 Å². The lowest BCUT2D eigenvalue weighted by Crippen LogP contribution is -2.19. The van der Waals surface area contributed by atoms with Crippen LogP contribution in [0, 0.1) is 0 Å². The zero-order chi connectivity index (χ0) is 18.5. The number of aromatic nitrogens is 2. The predicted octanol–water partition coefficient (Wildman–Crippen LogP) is 5.09. The summed E-state index contributed by atoms with van der Waals surface area (Å²) in [6.07, 6.45) is 8.78. The van der Waals surface area contributed by atoms with Gasteiger partial charge in [-0.15, -0.1) is 0 Å². The van der Waals surface area contributed by atoms with Crippen molar-refractivity contribution < 1.29 is 4.79 Å². The number of pyridine rings is 2. The number of hydrogen-bond donors (Lipinski definition) is 0. The molecule has 3 nitrogen and oxygen atoms in total. The molecule has 1 aromatic carbocycles. The maximum atomic E-state index is 13.1. The monoisotopic (exact) mass is 352 g/mol. The van der Waals surface area contributed by atoms with Gasteiger partial charge in [-0.05, 0) is 60.7 Å². The second-order valence-electron chi connectivity index (χ2n) is 6.69. The molecular formula is C24H20N2O. The molecule has 0 aliphatic heterocycles. The van der Waals surface area contributed by atoms with E-state index in [1.807, 2.05) is 54.6 Å². The lowest BCUT2D eigenvalue weighted by atomic mass is 9.77. The molecule has 4 rings (SSSR count). The number of benzene rings is 1. The highest BCUT2D eigenvalue weighted by molar-refractivity contribution is 6.14. The zero-order valence-electron chi connectivity index (χ0n) is 15.0. The van der Waals surface area contributed by atoms with Gasteiger partial charge in [-0.25, -0.2) is 0 Å². The van der Waals surface area contributed by atoms with Crippen molar-refractivity contribution in [2.45, 2.75) is 18.8 Å². The van der Waals surface area contributed by atoms with Crippen molar-refractivity contribution in [2.75, 3.05) is 0 Å². The first kappa shape index (κ1) is 17.1. The first-order chi connectivity index (χ1) is 13.3. The number of rotatable bonds is 3. The van der Waals surface area contributed by atoms with Crippen LogP contribution in [-0.4, -0.2) is 15.8 Å². The fraction of sp³-hybridized carbons (Fsp3) is 0.125. The van der Waals surface area contributed by atoms with E-state index in [1.54, 1.807) is 12.4 Å². The van der Waals surface area contributed by atoms with E-state index in [-0.39, 0.29) is 11.7 Å². The van der Waals surface area contributed by atoms with Gasteiger partial charge in [-0.3, -0.25) is 14.8 Å². The quantitative estimate of drug-likeness (QED) is 0.617. The summed E-state index contributed by atoms with van der Waals surface area (Å²) in [6.45, 7) is 0. The Morgan fingerprint density at radius 2 is 1.22 bits per heavy atom. The largest absolute Gasteiger partial charge is 0.289 e. The molecule has 3 heteroatoms. The van der Waals surface area contributed by atoms with Gasteiger partial charge in [0.2, 0.25) is 0 Å². The Morgan fingerprint density at radius 1 is 0.704 bits per heavy atom. The molecule has 3 aromatic rings. The molecule has 27 heavy (non-hydrogen) atoms. The normalized spacial score (nSPS) is 20.1. The molecule has 0 atom stereocenters. The minimum Gasteiger partial charge on any atom is -0.289 e. The minimum atomic E-state index is 0.0958. The first-order valence-corrected chi connectivity index (χ1v) is 9.12. The maximum Gasteiger partial charge on any atom is 0.185 e. The van der Waals surface area contributed by atoms with E-state index in [0.717, 1.165) is 35.4 Å². The van der Waals surface area contributed by atoms with Crippen molar-refractivity contribution in [3.05, 3.63) is 107 Å². The van der Waals surface area contributed by atoms with Gasteiger partial charge in [0.1, 0.15) is 0 Å². The lowest BCUT2D eigenvalue weighted by Gasteiger charge is -2.26. The number of nitrogens with zero attached hydrogens (tertiary/aromatic N) is 2. The molecule has 2 heterocycles. The molecule has 1 aliphatic carbocycles. The first-order valence-electron chi connectivity index (χ1n) is 9.12. The number of carbonyl (C=O) groups is 1. The van der Waals surface area contributed by atoms with Crippen LogP contribution in [0.1, 0.15) is 35.7 Å². The highest BCUT2D eigenvalue weighted by Gasteiger charge is 2.28. The molecular weight excluding hydrogens is 332 g/mol. The molecule has 132 valence electrons. The Hall–Kier alpha value is -3.33. The van der Waals surface area contributed by atoms with E-state index in [2.05, 4.69) is 34.2 Å². The van der Waals surface area contributed by atoms with Gasteiger partial charge >= 0.3 is 0 Å². The molecule has 0 radical (unpaired) electrons. The van der Waals surface area contributed by atoms with Crippen LogP contribution in [0.4, 0.5) is 0 Å². The Morgan fingerprint density at radius 3 is 1.70 bits per heavy atom. The Balaban J connectivity index is 1.74. The second-order valence-corrected chi connectivity index (χ2v) is 6.69. The van der Waals surface area contributed by atoms with Crippen LogP contribution in [-0.2, 0) is 4.79 Å². The van der Waals surface area contributed by atoms with E-state index >= 15 is 0 Å². The maximum absolute atomic E-state index is 13.1. The van der Waals surface area contributed by atoms with Crippen LogP contribution in [0.2, 0.25) is 0 Å². The third-order valence-electron chi connectivity index (χ3n) is 4.81. The molecule has 0 saturated heterocycles. The predicted molar refractivity (Wildman–Crippen MR) is 108 cm³/mol. The molecule has 0 unspecified atom stereocenters. The summed E-state index contributed by atoms with van der Waals surface area (Å²) in [4.78, 5) is 21.8. The van der Waals surface area contributed by atoms with Crippen molar-refractivity contribution in [3.63, 3.8) is 0 Å². The summed E-state index contributed by atoms with van der Waals surface area (Å²) in [5, 5.41) is 0. The van der Waals surface area contributed by atoms with Crippen molar-refractivity contribution in [2.24, 2.45) is 0 Å². The van der Waals surface area contributed by atoms with E-state index in [1.165, 1.54) is 5.56 Å². The summed E-state index contributed by atoms with van der Waals surface area (Å²) in [5.41, 5.74) is 4.48. The van der Waals surface area contributed by atoms with Crippen LogP contribution in [0.5, 0.6) is 0 Å². The number of carbonyl (C=O) groups excluding carboxylic acids is 1. The zero-order valence-corrected chi connectivity index (χ0v) is 15.0. The summed E-state index contributed by atoms with van der Waals surface area (Å²) >= 11 is 0. The minimum absolute atomic E-state index is 0.0958. The Labute approximate surface area is 159 Å². The van der Waals surface area contributed by atoms with E-state index < -0.39 is 0 Å². The van der Waals surface area contributed by atoms with Crippen LogP contribution >= 0.6 is 0 Å². The molecule has 0 N–H and O–H groups in total. The van der Waals surface area contributed by atoms with E-state index in [0.29, 0.717) is 0 Å². The molecule has 0 bridgehead atoms. The summed E-state index contributed by atoms with van der Waals surface area (Å²) in [7, 11) is 0. The van der Waals surface area contributed by atoms with Crippen molar-refractivity contribution in [1.82, 2.24) is 9.97 Å². The molecule has 2 aromatic heterocycles. The molecule has 1 saturated carbocycles. The number of allylic oxidation sites excluding steroid dienone is 2. The average Bonchev–Trinajstić information content (AvgIpc) is 2.73. The fourth-order valence-corrected chi connectivity index (χ4v) is 3.48. The third-order valence-corrected chi connectivity index (χ3v) is 4.81. The van der Waals surface area contributed by atoms with Gasteiger partial charge in [0, 0.05) is 23.5 Å². The van der Waals surface area contributed by atoms with E-state index in [4.69, 9.17) is 0 Å². The summed E-state index contributed by atoms with van der Waals surface area (Å²) in [5.74, 6) is 0.368. The fourth-order valence-electron chi connectivity index (χ4n) is 3.48. The van der Waals surface area contributed by atoms with Crippen LogP contribution in [0.3, 0.4) is 0 Å². The summed E-state index contributed by atoms with van der Waals surface area (Å²) < 4.78 is 0. The number of Topliss-reactive ketones (excluding diaryl/α,β-unsaturated/α-hetero) is 1. The molecule has 0 amide bonds. The third kappa shape index (κ3) is 4.09. The van der Waals surface area contributed by atoms with E-state index in [9.17, 15) is 4.79 Å². The smallest absolute Gasteiger partial charge is 0.185 e. The Bertz CT molecular complexity index is 915. The van der Waals surface area contributed by atoms with Crippen molar-refractivity contribution >= 4 is 17.9 Å². The number of ketones is 1.